The first-order valence-electron chi connectivity index (χ1n) is 11.9. The van der Waals surface area contributed by atoms with Crippen molar-refractivity contribution >= 4 is 23.5 Å². The number of carboxylic acid groups (broad SMARTS) is 1. The van der Waals surface area contributed by atoms with Gasteiger partial charge in [-0.25, -0.2) is 9.78 Å². The minimum atomic E-state index is -0.997. The van der Waals surface area contributed by atoms with E-state index in [1.165, 1.54) is 4.90 Å². The molecule has 8 nitrogen and oxygen atoms in total. The molecule has 176 valence electrons. The molecule has 0 spiro atoms. The van der Waals surface area contributed by atoms with Gasteiger partial charge in [0, 0.05) is 37.4 Å². The van der Waals surface area contributed by atoms with Crippen molar-refractivity contribution in [1.29, 1.82) is 0 Å². The molecule has 2 aliphatic heterocycles. The standard InChI is InChI=1S/C25H33N5O3/c31-24(32)18-20-10-13-30(25(33)27-22-6-2-1-3-7-22)19-21(20)9-12-28-14-16-29(17-15-28)23-8-4-5-11-26-23/h1-8,11,20-21H,9-10,12-19H2,(H,27,33)(H,31,32)/t20-,21-/m0/s1. The first-order chi connectivity index (χ1) is 16.1. The molecule has 0 saturated carbocycles. The summed E-state index contributed by atoms with van der Waals surface area (Å²) >= 11 is 0. The van der Waals surface area contributed by atoms with Crippen molar-refractivity contribution in [1.82, 2.24) is 9.88 Å². The van der Waals surface area contributed by atoms with Crippen LogP contribution in [0.1, 0.15) is 19.3 Å². The van der Waals surface area contributed by atoms with Crippen LogP contribution in [0.5, 0.6) is 0 Å². The van der Waals surface area contributed by atoms with Crippen LogP contribution in [0, 0.1) is 11.8 Å². The van der Waals surface area contributed by atoms with E-state index in [2.05, 4.69) is 15.2 Å². The molecule has 0 radical (unpaired) electrons. The number of piperazine rings is 1. The number of likely N-dealkylation sites (tertiary alicyclic amines) is 1. The van der Waals surface area contributed by atoms with Gasteiger partial charge in [-0.05, 0) is 48.9 Å². The fourth-order valence-electron chi connectivity index (χ4n) is 5.03. The number of hydrogen-bond donors (Lipinski definition) is 2. The Morgan fingerprint density at radius 2 is 1.79 bits per heavy atom. The van der Waals surface area contributed by atoms with Gasteiger partial charge in [-0.1, -0.05) is 24.3 Å². The quantitative estimate of drug-likeness (QED) is 0.639. The summed E-state index contributed by atoms with van der Waals surface area (Å²) in [7, 11) is 0. The number of nitrogens with zero attached hydrogens (tertiary/aromatic N) is 3. The number of carbonyl (C=O) groups is 2. The third-order valence-corrected chi connectivity index (χ3v) is 6.95. The summed E-state index contributed by atoms with van der Waals surface area (Å²) in [4.78, 5) is 34.2. The fourth-order valence-corrected chi connectivity index (χ4v) is 5.03. The second kappa shape index (κ2) is 11.1. The van der Waals surface area contributed by atoms with Crippen molar-refractivity contribution in [3.8, 4) is 0 Å². The Morgan fingerprint density at radius 3 is 2.48 bits per heavy atom. The summed E-state index contributed by atoms with van der Waals surface area (Å²) in [5.41, 5.74) is 0.770. The van der Waals surface area contributed by atoms with Crippen molar-refractivity contribution < 1.29 is 19.6 Å². The van der Waals surface area contributed by atoms with Crippen molar-refractivity contribution in [2.24, 2.45) is 11.8 Å². The van der Waals surface area contributed by atoms with Gasteiger partial charge < -0.3 is 29.9 Å². The molecule has 2 aliphatic rings. The van der Waals surface area contributed by atoms with Gasteiger partial charge in [0.1, 0.15) is 5.82 Å². The van der Waals surface area contributed by atoms with Gasteiger partial charge >= 0.3 is 6.03 Å². The van der Waals surface area contributed by atoms with Gasteiger partial charge in [0.25, 0.3) is 0 Å². The van der Waals surface area contributed by atoms with Gasteiger partial charge in [0.15, 0.2) is 0 Å². The number of quaternary nitrogens is 1. The predicted octanol–water partition coefficient (Wildman–Crippen LogP) is 0.487. The maximum Gasteiger partial charge on any atom is 0.321 e. The maximum atomic E-state index is 12.8. The van der Waals surface area contributed by atoms with Gasteiger partial charge in [0.2, 0.25) is 0 Å². The maximum absolute atomic E-state index is 12.8. The van der Waals surface area contributed by atoms with Crippen molar-refractivity contribution in [3.63, 3.8) is 0 Å². The lowest BCUT2D eigenvalue weighted by Crippen LogP contribution is -3.15. The van der Waals surface area contributed by atoms with Crippen LogP contribution in [0.25, 0.3) is 0 Å². The van der Waals surface area contributed by atoms with Crippen LogP contribution in [-0.2, 0) is 4.79 Å². The summed E-state index contributed by atoms with van der Waals surface area (Å²) in [5, 5.41) is 14.3. The predicted molar refractivity (Wildman–Crippen MR) is 125 cm³/mol. The van der Waals surface area contributed by atoms with Crippen molar-refractivity contribution in [2.75, 3.05) is 56.0 Å². The number of pyridine rings is 1. The fraction of sp³-hybridized carbons (Fsp3) is 0.480. The average Bonchev–Trinajstić information content (AvgIpc) is 2.84. The number of carboxylic acids is 1. The number of piperidine rings is 1. The monoisotopic (exact) mass is 451 g/mol. The van der Waals surface area contributed by atoms with E-state index in [9.17, 15) is 14.7 Å². The Kier molecular flexibility index (Phi) is 7.78. The third-order valence-electron chi connectivity index (χ3n) is 6.95. The first-order valence-corrected chi connectivity index (χ1v) is 11.9. The lowest BCUT2D eigenvalue weighted by atomic mass is 9.81. The summed E-state index contributed by atoms with van der Waals surface area (Å²) in [6, 6.07) is 15.3. The summed E-state index contributed by atoms with van der Waals surface area (Å²) in [5.74, 6) is 0.255. The van der Waals surface area contributed by atoms with E-state index in [1.807, 2.05) is 59.6 Å². The van der Waals surface area contributed by atoms with Crippen LogP contribution in [0.4, 0.5) is 16.3 Å². The highest BCUT2D eigenvalue weighted by atomic mass is 16.4. The van der Waals surface area contributed by atoms with Crippen LogP contribution < -0.4 is 20.2 Å². The molecule has 4 rings (SSSR count). The number of amides is 2. The zero-order chi connectivity index (χ0) is 23.0. The molecular weight excluding hydrogens is 418 g/mol. The molecule has 0 unspecified atom stereocenters. The van der Waals surface area contributed by atoms with E-state index in [1.54, 1.807) is 0 Å². The molecule has 8 heteroatoms. The van der Waals surface area contributed by atoms with E-state index in [4.69, 9.17) is 0 Å². The molecule has 3 heterocycles. The van der Waals surface area contributed by atoms with E-state index in [0.29, 0.717) is 19.5 Å². The normalized spacial score (nSPS) is 21.6. The number of rotatable bonds is 7. The minimum Gasteiger partial charge on any atom is -0.550 e. The van der Waals surface area contributed by atoms with Gasteiger partial charge in [-0.2, -0.15) is 0 Å². The number of aliphatic carboxylic acids is 1. The van der Waals surface area contributed by atoms with Crippen molar-refractivity contribution in [2.45, 2.75) is 19.3 Å². The zero-order valence-electron chi connectivity index (χ0n) is 19.0. The molecule has 0 aliphatic carbocycles. The molecule has 0 bridgehead atoms. The Bertz CT molecular complexity index is 903. The lowest BCUT2D eigenvalue weighted by Gasteiger charge is -2.40. The summed E-state index contributed by atoms with van der Waals surface area (Å²) in [6.07, 6.45) is 3.51. The van der Waals surface area contributed by atoms with Crippen LogP contribution in [-0.4, -0.2) is 67.7 Å². The highest BCUT2D eigenvalue weighted by molar-refractivity contribution is 5.89. The number of urea groups is 1. The van der Waals surface area contributed by atoms with Crippen molar-refractivity contribution in [3.05, 3.63) is 54.7 Å². The molecule has 2 saturated heterocycles. The van der Waals surface area contributed by atoms with E-state index < -0.39 is 5.97 Å². The Morgan fingerprint density at radius 1 is 1.03 bits per heavy atom. The summed E-state index contributed by atoms with van der Waals surface area (Å²) < 4.78 is 0. The molecule has 2 amide bonds. The number of aromatic nitrogens is 1. The lowest BCUT2D eigenvalue weighted by molar-refractivity contribution is -0.901. The Balaban J connectivity index is 1.30. The van der Waals surface area contributed by atoms with Crippen LogP contribution in [0.3, 0.4) is 0 Å². The number of anilines is 2. The summed E-state index contributed by atoms with van der Waals surface area (Å²) in [6.45, 7) is 6.14. The Hall–Kier alpha value is -3.13. The topological polar surface area (TPSA) is 93.0 Å². The second-order valence-corrected chi connectivity index (χ2v) is 9.09. The SMILES string of the molecule is O=C([O-])C[C@@H]1CCN(C(=O)Nc2ccccc2)C[C@@H]1CC[NH+]1CCN(c2ccccn2)CC1. The van der Waals surface area contributed by atoms with Gasteiger partial charge in [0.05, 0.1) is 32.7 Å². The number of benzene rings is 1. The minimum absolute atomic E-state index is 0.0602. The van der Waals surface area contributed by atoms with Gasteiger partial charge in [-0.3, -0.25) is 0 Å². The van der Waals surface area contributed by atoms with Gasteiger partial charge in [-0.15, -0.1) is 0 Å². The average molecular weight is 452 g/mol. The highest BCUT2D eigenvalue weighted by Gasteiger charge is 2.33. The first kappa shape index (κ1) is 23.0. The highest BCUT2D eigenvalue weighted by Crippen LogP contribution is 2.29. The van der Waals surface area contributed by atoms with Crippen LogP contribution >= 0.6 is 0 Å². The molecule has 2 fully saturated rings. The van der Waals surface area contributed by atoms with E-state index >= 15 is 0 Å². The molecule has 1 aromatic carbocycles. The molecule has 2 aromatic rings. The largest absolute Gasteiger partial charge is 0.550 e. The number of carbonyl (C=O) groups excluding carboxylic acids is 2. The number of nitrogens with one attached hydrogen (secondary N) is 2. The van der Waals surface area contributed by atoms with E-state index in [-0.39, 0.29) is 24.3 Å². The van der Waals surface area contributed by atoms with Crippen LogP contribution in [0.2, 0.25) is 0 Å². The molecule has 33 heavy (non-hydrogen) atoms. The zero-order valence-corrected chi connectivity index (χ0v) is 19.0. The smallest absolute Gasteiger partial charge is 0.321 e. The second-order valence-electron chi connectivity index (χ2n) is 9.09. The number of hydrogen-bond acceptors (Lipinski definition) is 5. The molecule has 2 N–H and O–H groups in total. The molecule has 1 aromatic heterocycles. The third kappa shape index (κ3) is 6.44. The van der Waals surface area contributed by atoms with Crippen LogP contribution in [0.15, 0.2) is 54.7 Å². The molecule has 2 atom stereocenters. The number of para-hydroxylation sites is 1. The van der Waals surface area contributed by atoms with E-state index in [0.717, 1.165) is 50.6 Å². The Labute approximate surface area is 195 Å². The molecular formula is C25H33N5O3.